The van der Waals surface area contributed by atoms with Gasteiger partial charge in [0.2, 0.25) is 0 Å². The van der Waals surface area contributed by atoms with Crippen molar-refractivity contribution in [2.75, 3.05) is 32.8 Å². The Bertz CT molecular complexity index is 1340. The first-order chi connectivity index (χ1) is 16.2. The molecule has 8 heteroatoms. The predicted octanol–water partition coefficient (Wildman–Crippen LogP) is 4.53. The fraction of sp³-hybridized carbons (Fsp3) is 0.360. The van der Waals surface area contributed by atoms with Crippen LogP contribution in [0.1, 0.15) is 29.9 Å². The van der Waals surface area contributed by atoms with Gasteiger partial charge in [-0.2, -0.15) is 0 Å². The zero-order valence-electron chi connectivity index (χ0n) is 18.5. The summed E-state index contributed by atoms with van der Waals surface area (Å²) in [5, 5.41) is 4.80. The van der Waals surface area contributed by atoms with Crippen molar-refractivity contribution in [2.45, 2.75) is 25.9 Å². The molecule has 2 aliphatic rings. The number of nitrogens with zero attached hydrogens (tertiary/aromatic N) is 3. The van der Waals surface area contributed by atoms with Crippen molar-refractivity contribution in [3.63, 3.8) is 0 Å². The topological polar surface area (TPSA) is 61.5 Å². The van der Waals surface area contributed by atoms with Gasteiger partial charge in [-0.1, -0.05) is 18.2 Å². The van der Waals surface area contributed by atoms with Gasteiger partial charge in [-0.3, -0.25) is 14.6 Å². The van der Waals surface area contributed by atoms with Gasteiger partial charge in [0, 0.05) is 55.0 Å². The first-order valence-electron chi connectivity index (χ1n) is 11.4. The zero-order valence-corrected chi connectivity index (χ0v) is 20.2. The summed E-state index contributed by atoms with van der Waals surface area (Å²) in [7, 11) is 0. The molecule has 1 fully saturated rings. The van der Waals surface area contributed by atoms with Crippen LogP contribution in [-0.2, 0) is 13.0 Å². The van der Waals surface area contributed by atoms with Crippen molar-refractivity contribution < 1.29 is 4.74 Å². The maximum absolute atomic E-state index is 13.0. The molecule has 0 spiro atoms. The van der Waals surface area contributed by atoms with Crippen LogP contribution in [0.4, 0.5) is 0 Å². The van der Waals surface area contributed by atoms with E-state index in [9.17, 15) is 4.79 Å². The first-order valence-corrected chi connectivity index (χ1v) is 13.2. The van der Waals surface area contributed by atoms with Gasteiger partial charge in [-0.05, 0) is 35.6 Å². The van der Waals surface area contributed by atoms with E-state index in [1.54, 1.807) is 22.7 Å². The molecular formula is C25H26N4O2S2. The van der Waals surface area contributed by atoms with Crippen LogP contribution in [0.25, 0.3) is 20.7 Å². The largest absolute Gasteiger partial charge is 0.493 e. The fourth-order valence-corrected chi connectivity index (χ4v) is 6.62. The van der Waals surface area contributed by atoms with E-state index in [-0.39, 0.29) is 11.6 Å². The van der Waals surface area contributed by atoms with Crippen molar-refractivity contribution >= 4 is 32.9 Å². The Labute approximate surface area is 200 Å². The highest BCUT2D eigenvalue weighted by Gasteiger charge is 2.25. The molecule has 1 atom stereocenters. The first kappa shape index (κ1) is 21.0. The third kappa shape index (κ3) is 4.01. The molecule has 1 N–H and O–H groups in total. The minimum absolute atomic E-state index is 0.0364. The van der Waals surface area contributed by atoms with Gasteiger partial charge in [-0.25, -0.2) is 4.98 Å². The lowest BCUT2D eigenvalue weighted by atomic mass is 10.1. The highest BCUT2D eigenvalue weighted by molar-refractivity contribution is 7.18. The number of hydrogen-bond donors (Lipinski definition) is 1. The molecule has 1 aromatic carbocycles. The predicted molar refractivity (Wildman–Crippen MR) is 134 cm³/mol. The summed E-state index contributed by atoms with van der Waals surface area (Å²) in [5.74, 6) is 1.81. The number of aromatic amines is 1. The number of ether oxygens (including phenoxy) is 1. The second-order valence-corrected chi connectivity index (χ2v) is 10.6. The van der Waals surface area contributed by atoms with Crippen molar-refractivity contribution in [3.05, 3.63) is 68.4 Å². The smallest absolute Gasteiger partial charge is 0.260 e. The Balaban J connectivity index is 1.14. The van der Waals surface area contributed by atoms with E-state index in [2.05, 4.69) is 51.4 Å². The molecule has 4 aromatic rings. The lowest BCUT2D eigenvalue weighted by Crippen LogP contribution is -2.47. The maximum Gasteiger partial charge on any atom is 0.260 e. The van der Waals surface area contributed by atoms with Gasteiger partial charge >= 0.3 is 0 Å². The molecule has 5 heterocycles. The summed E-state index contributed by atoms with van der Waals surface area (Å²) in [6.45, 7) is 7.85. The molecule has 0 amide bonds. The third-order valence-electron chi connectivity index (χ3n) is 6.76. The molecule has 6 rings (SSSR count). The Hall–Kier alpha value is -2.52. The number of hydrogen-bond acceptors (Lipinski definition) is 7. The van der Waals surface area contributed by atoms with E-state index in [1.807, 2.05) is 11.4 Å². The minimum Gasteiger partial charge on any atom is -0.493 e. The van der Waals surface area contributed by atoms with Crippen molar-refractivity contribution in [1.82, 2.24) is 19.8 Å². The van der Waals surface area contributed by atoms with Crippen molar-refractivity contribution in [2.24, 2.45) is 0 Å². The standard InChI is InChI=1S/C25H26N4O2S2/c1-16(23-26-24(30)22-19(15-33-25(22)27-23)21-3-2-12-32-21)29-9-7-28(8-10-29)14-17-4-5-20-18(13-17)6-11-31-20/h2-5,12-13,15-16H,6-11,14H2,1H3,(H,26,27,30)/t16-/m1/s1. The van der Waals surface area contributed by atoms with E-state index in [1.165, 1.54) is 11.1 Å². The zero-order chi connectivity index (χ0) is 22.4. The molecule has 0 bridgehead atoms. The highest BCUT2D eigenvalue weighted by atomic mass is 32.1. The van der Waals surface area contributed by atoms with Crippen LogP contribution in [0.2, 0.25) is 0 Å². The van der Waals surface area contributed by atoms with Gasteiger partial charge in [0.25, 0.3) is 5.56 Å². The number of thiophene rings is 2. The summed E-state index contributed by atoms with van der Waals surface area (Å²) in [6, 6.07) is 10.7. The number of H-pyrrole nitrogens is 1. The number of aromatic nitrogens is 2. The summed E-state index contributed by atoms with van der Waals surface area (Å²) in [5.41, 5.74) is 3.65. The third-order valence-corrected chi connectivity index (χ3v) is 8.53. The quantitative estimate of drug-likeness (QED) is 0.457. The highest BCUT2D eigenvalue weighted by Crippen LogP contribution is 2.34. The number of fused-ring (bicyclic) bond motifs is 2. The number of rotatable bonds is 5. The van der Waals surface area contributed by atoms with Gasteiger partial charge < -0.3 is 9.72 Å². The van der Waals surface area contributed by atoms with Gasteiger partial charge in [0.15, 0.2) is 0 Å². The van der Waals surface area contributed by atoms with E-state index >= 15 is 0 Å². The number of benzene rings is 1. The van der Waals surface area contributed by atoms with Crippen LogP contribution < -0.4 is 10.3 Å². The Morgan fingerprint density at radius 1 is 1.18 bits per heavy atom. The Kier molecular flexibility index (Phi) is 5.54. The lowest BCUT2D eigenvalue weighted by Gasteiger charge is -2.37. The molecular weight excluding hydrogens is 452 g/mol. The van der Waals surface area contributed by atoms with E-state index in [4.69, 9.17) is 9.72 Å². The molecule has 0 aliphatic carbocycles. The maximum atomic E-state index is 13.0. The second kappa shape index (κ2) is 8.68. The second-order valence-electron chi connectivity index (χ2n) is 8.79. The Morgan fingerprint density at radius 2 is 2.06 bits per heavy atom. The van der Waals surface area contributed by atoms with Crippen molar-refractivity contribution in [1.29, 1.82) is 0 Å². The van der Waals surface area contributed by atoms with Crippen LogP contribution in [0, 0.1) is 0 Å². The molecule has 0 radical (unpaired) electrons. The average Bonchev–Trinajstić information content (AvgIpc) is 3.59. The molecule has 0 unspecified atom stereocenters. The molecule has 3 aromatic heterocycles. The SMILES string of the molecule is C[C@H](c1nc2scc(-c3cccs3)c2c(=O)[nH]1)N1CCN(Cc2ccc3c(c2)CCO3)CC1. The average molecular weight is 479 g/mol. The molecule has 33 heavy (non-hydrogen) atoms. The minimum atomic E-state index is -0.0364. The van der Waals surface area contributed by atoms with Gasteiger partial charge in [-0.15, -0.1) is 22.7 Å². The Morgan fingerprint density at radius 3 is 2.88 bits per heavy atom. The van der Waals surface area contributed by atoms with E-state index in [0.717, 1.165) is 72.6 Å². The summed E-state index contributed by atoms with van der Waals surface area (Å²) in [6.07, 6.45) is 1.02. The number of piperazine rings is 1. The van der Waals surface area contributed by atoms with E-state index in [0.29, 0.717) is 5.39 Å². The van der Waals surface area contributed by atoms with E-state index < -0.39 is 0 Å². The monoisotopic (exact) mass is 478 g/mol. The molecule has 2 aliphatic heterocycles. The molecule has 0 saturated carbocycles. The molecule has 1 saturated heterocycles. The number of nitrogens with one attached hydrogen (secondary N) is 1. The lowest BCUT2D eigenvalue weighted by molar-refractivity contribution is 0.0948. The van der Waals surface area contributed by atoms with Crippen molar-refractivity contribution in [3.8, 4) is 16.2 Å². The van der Waals surface area contributed by atoms with Crippen LogP contribution in [0.3, 0.4) is 0 Å². The molecule has 170 valence electrons. The fourth-order valence-electron chi connectivity index (χ4n) is 4.85. The summed E-state index contributed by atoms with van der Waals surface area (Å²) in [4.78, 5) is 27.8. The van der Waals surface area contributed by atoms with Gasteiger partial charge in [0.05, 0.1) is 18.0 Å². The van der Waals surface area contributed by atoms with Crippen LogP contribution in [0.15, 0.2) is 45.9 Å². The van der Waals surface area contributed by atoms with Crippen LogP contribution >= 0.6 is 22.7 Å². The summed E-state index contributed by atoms with van der Waals surface area (Å²) < 4.78 is 5.63. The normalized spacial score (nSPS) is 17.8. The van der Waals surface area contributed by atoms with Crippen LogP contribution in [0.5, 0.6) is 5.75 Å². The summed E-state index contributed by atoms with van der Waals surface area (Å²) >= 11 is 3.21. The van der Waals surface area contributed by atoms with Gasteiger partial charge in [0.1, 0.15) is 16.4 Å². The molecule has 6 nitrogen and oxygen atoms in total. The van der Waals surface area contributed by atoms with Crippen LogP contribution in [-0.4, -0.2) is 52.6 Å².